The molecule has 0 heterocycles. The van der Waals surface area contributed by atoms with E-state index in [0.717, 1.165) is 18.4 Å². The van der Waals surface area contributed by atoms with Gasteiger partial charge in [-0.2, -0.15) is 0 Å². The fourth-order valence-corrected chi connectivity index (χ4v) is 2.45. The van der Waals surface area contributed by atoms with Crippen LogP contribution in [0.4, 0.5) is 0 Å². The lowest BCUT2D eigenvalue weighted by atomic mass is 10.1. The maximum absolute atomic E-state index is 12.1. The molecule has 23 heavy (non-hydrogen) atoms. The van der Waals surface area contributed by atoms with Gasteiger partial charge in [-0.15, -0.1) is 0 Å². The van der Waals surface area contributed by atoms with Crippen LogP contribution in [0.5, 0.6) is 11.5 Å². The van der Waals surface area contributed by atoms with Crippen molar-refractivity contribution in [3.63, 3.8) is 0 Å². The van der Waals surface area contributed by atoms with Gasteiger partial charge in [-0.25, -0.2) is 4.79 Å². The van der Waals surface area contributed by atoms with Crippen molar-refractivity contribution in [1.82, 2.24) is 0 Å². The Balaban J connectivity index is 1.67. The summed E-state index contributed by atoms with van der Waals surface area (Å²) in [5, 5.41) is 18.7. The Labute approximate surface area is 134 Å². The molecule has 2 N–H and O–H groups in total. The molecule has 3 rings (SSSR count). The molecule has 0 bridgehead atoms. The van der Waals surface area contributed by atoms with Crippen LogP contribution in [-0.2, 0) is 9.53 Å². The molecule has 1 fully saturated rings. The van der Waals surface area contributed by atoms with Gasteiger partial charge in [-0.1, -0.05) is 36.4 Å². The van der Waals surface area contributed by atoms with Gasteiger partial charge in [0.15, 0.2) is 11.5 Å². The third-order valence-electron chi connectivity index (χ3n) is 3.83. The third-order valence-corrected chi connectivity index (χ3v) is 3.83. The molecule has 0 radical (unpaired) electrons. The predicted octanol–water partition coefficient (Wildman–Crippen LogP) is 3.81. The number of rotatable bonds is 5. The Bertz CT molecular complexity index is 717. The van der Waals surface area contributed by atoms with E-state index in [0.29, 0.717) is 11.5 Å². The molecule has 0 aliphatic heterocycles. The van der Waals surface area contributed by atoms with Crippen molar-refractivity contribution in [2.75, 3.05) is 0 Å². The lowest BCUT2D eigenvalue weighted by molar-refractivity contribution is -0.144. The van der Waals surface area contributed by atoms with E-state index in [1.807, 2.05) is 30.3 Å². The number of hydrogen-bond acceptors (Lipinski definition) is 4. The average Bonchev–Trinajstić information content (AvgIpc) is 3.39. The van der Waals surface area contributed by atoms with Gasteiger partial charge in [0.25, 0.3) is 0 Å². The number of phenols is 2. The van der Waals surface area contributed by atoms with E-state index in [1.54, 1.807) is 12.1 Å². The van der Waals surface area contributed by atoms with Crippen molar-refractivity contribution in [3.8, 4) is 11.5 Å². The first kappa shape index (κ1) is 15.2. The Morgan fingerprint density at radius 3 is 2.48 bits per heavy atom. The molecule has 0 amide bonds. The molecule has 4 heteroatoms. The number of hydrogen-bond donors (Lipinski definition) is 2. The van der Waals surface area contributed by atoms with Crippen molar-refractivity contribution in [2.24, 2.45) is 5.92 Å². The molecule has 1 aliphatic rings. The highest BCUT2D eigenvalue weighted by Gasteiger charge is 2.34. The number of benzene rings is 2. The van der Waals surface area contributed by atoms with Gasteiger partial charge in [0.2, 0.25) is 0 Å². The fourth-order valence-electron chi connectivity index (χ4n) is 2.45. The molecule has 1 unspecified atom stereocenters. The lowest BCUT2D eigenvalue weighted by Gasteiger charge is -2.16. The van der Waals surface area contributed by atoms with Gasteiger partial charge < -0.3 is 14.9 Å². The van der Waals surface area contributed by atoms with Gasteiger partial charge >= 0.3 is 5.97 Å². The van der Waals surface area contributed by atoms with E-state index in [2.05, 4.69) is 0 Å². The molecule has 0 spiro atoms. The zero-order chi connectivity index (χ0) is 16.2. The monoisotopic (exact) mass is 310 g/mol. The zero-order valence-corrected chi connectivity index (χ0v) is 12.6. The van der Waals surface area contributed by atoms with Crippen LogP contribution in [0.3, 0.4) is 0 Å². The molecule has 0 aromatic heterocycles. The smallest absolute Gasteiger partial charge is 0.331 e. The van der Waals surface area contributed by atoms with E-state index >= 15 is 0 Å². The van der Waals surface area contributed by atoms with Crippen LogP contribution in [0.1, 0.15) is 30.1 Å². The minimum atomic E-state index is -0.418. The summed E-state index contributed by atoms with van der Waals surface area (Å²) in [4.78, 5) is 12.1. The Hall–Kier alpha value is -2.75. The first-order valence-electron chi connectivity index (χ1n) is 7.59. The maximum Gasteiger partial charge on any atom is 0.331 e. The van der Waals surface area contributed by atoms with Crippen molar-refractivity contribution < 1.29 is 19.7 Å². The molecule has 1 atom stereocenters. The van der Waals surface area contributed by atoms with Crippen molar-refractivity contribution >= 4 is 12.0 Å². The molecule has 1 aliphatic carbocycles. The summed E-state index contributed by atoms with van der Waals surface area (Å²) in [5.74, 6) is -0.436. The summed E-state index contributed by atoms with van der Waals surface area (Å²) in [6, 6.07) is 14.1. The molecular formula is C19H18O4. The van der Waals surface area contributed by atoms with Gasteiger partial charge in [0, 0.05) is 12.0 Å². The first-order valence-corrected chi connectivity index (χ1v) is 7.59. The number of carbonyl (C=O) groups is 1. The van der Waals surface area contributed by atoms with Crippen LogP contribution < -0.4 is 0 Å². The topological polar surface area (TPSA) is 66.8 Å². The summed E-state index contributed by atoms with van der Waals surface area (Å²) in [6.07, 6.45) is 4.83. The molecule has 2 aromatic rings. The van der Waals surface area contributed by atoms with Crippen LogP contribution >= 0.6 is 0 Å². The molecule has 118 valence electrons. The average molecular weight is 310 g/mol. The van der Waals surface area contributed by atoms with Crippen LogP contribution in [0, 0.1) is 5.92 Å². The third kappa shape index (κ3) is 3.92. The summed E-state index contributed by atoms with van der Waals surface area (Å²) in [5.41, 5.74) is 1.62. The SMILES string of the molecule is O=C(C=Cc1ccc(O)c(O)c1)OC(c1ccccc1)C1CC1. The summed E-state index contributed by atoms with van der Waals surface area (Å²) in [7, 11) is 0. The minimum Gasteiger partial charge on any atom is -0.504 e. The second-order valence-corrected chi connectivity index (χ2v) is 5.69. The van der Waals surface area contributed by atoms with E-state index in [9.17, 15) is 15.0 Å². The largest absolute Gasteiger partial charge is 0.504 e. The molecule has 4 nitrogen and oxygen atoms in total. The highest BCUT2D eigenvalue weighted by Crippen LogP contribution is 2.43. The predicted molar refractivity (Wildman–Crippen MR) is 86.8 cm³/mol. The normalized spacial score (nSPS) is 15.5. The second kappa shape index (κ2) is 6.57. The van der Waals surface area contributed by atoms with Crippen LogP contribution in [0.2, 0.25) is 0 Å². The van der Waals surface area contributed by atoms with E-state index < -0.39 is 5.97 Å². The Morgan fingerprint density at radius 1 is 1.09 bits per heavy atom. The van der Waals surface area contributed by atoms with Crippen LogP contribution in [-0.4, -0.2) is 16.2 Å². The highest BCUT2D eigenvalue weighted by molar-refractivity contribution is 5.87. The standard InChI is InChI=1S/C19H18O4/c20-16-10-6-13(12-17(16)21)7-11-18(22)23-19(15-8-9-15)14-4-2-1-3-5-14/h1-7,10-12,15,19-21H,8-9H2. The number of phenolic OH excluding ortho intramolecular Hbond substituents is 2. The fraction of sp³-hybridized carbons (Fsp3) is 0.211. The van der Waals surface area contributed by atoms with Gasteiger partial charge in [0.05, 0.1) is 0 Å². The van der Waals surface area contributed by atoms with E-state index in [4.69, 9.17) is 4.74 Å². The van der Waals surface area contributed by atoms with Gasteiger partial charge in [0.1, 0.15) is 6.10 Å². The number of aromatic hydroxyl groups is 2. The Kier molecular flexibility index (Phi) is 4.33. The zero-order valence-electron chi connectivity index (χ0n) is 12.6. The maximum atomic E-state index is 12.1. The van der Waals surface area contributed by atoms with Crippen LogP contribution in [0.15, 0.2) is 54.6 Å². The highest BCUT2D eigenvalue weighted by atomic mass is 16.5. The minimum absolute atomic E-state index is 0.192. The number of ether oxygens (including phenoxy) is 1. The molecular weight excluding hydrogens is 292 g/mol. The molecule has 0 saturated heterocycles. The van der Waals surface area contributed by atoms with Gasteiger partial charge in [-0.3, -0.25) is 0 Å². The van der Waals surface area contributed by atoms with E-state index in [-0.39, 0.29) is 17.6 Å². The van der Waals surface area contributed by atoms with E-state index in [1.165, 1.54) is 18.2 Å². The van der Waals surface area contributed by atoms with Crippen LogP contribution in [0.25, 0.3) is 6.08 Å². The van der Waals surface area contributed by atoms with Gasteiger partial charge in [-0.05, 0) is 42.2 Å². The lowest BCUT2D eigenvalue weighted by Crippen LogP contribution is -2.11. The molecule has 1 saturated carbocycles. The second-order valence-electron chi connectivity index (χ2n) is 5.69. The quantitative estimate of drug-likeness (QED) is 0.501. The molecule has 2 aromatic carbocycles. The summed E-state index contributed by atoms with van der Waals surface area (Å²) in [6.45, 7) is 0. The van der Waals surface area contributed by atoms with Crippen molar-refractivity contribution in [3.05, 3.63) is 65.7 Å². The number of carbonyl (C=O) groups excluding carboxylic acids is 1. The first-order chi connectivity index (χ1) is 11.1. The Morgan fingerprint density at radius 2 is 1.83 bits per heavy atom. The van der Waals surface area contributed by atoms with Crippen molar-refractivity contribution in [2.45, 2.75) is 18.9 Å². The summed E-state index contributed by atoms with van der Waals surface area (Å²) >= 11 is 0. The summed E-state index contributed by atoms with van der Waals surface area (Å²) < 4.78 is 5.60. The number of esters is 1. The van der Waals surface area contributed by atoms with Crippen molar-refractivity contribution in [1.29, 1.82) is 0 Å².